The van der Waals surface area contributed by atoms with Gasteiger partial charge in [-0.05, 0) is 31.1 Å². The number of hydrogen-bond donors (Lipinski definition) is 1. The lowest BCUT2D eigenvalue weighted by Crippen LogP contribution is -2.40. The Hall–Kier alpha value is -1.32. The van der Waals surface area contributed by atoms with Crippen LogP contribution in [-0.4, -0.2) is 79.8 Å². The van der Waals surface area contributed by atoms with Crippen LogP contribution in [0.15, 0.2) is 0 Å². The number of nitrogens with zero attached hydrogens (tertiary/aromatic N) is 4. The zero-order valence-electron chi connectivity index (χ0n) is 14.4. The molecule has 2 aliphatic heterocycles. The predicted molar refractivity (Wildman–Crippen MR) is 89.9 cm³/mol. The third-order valence-electron chi connectivity index (χ3n) is 5.71. The molecule has 1 aliphatic carbocycles. The van der Waals surface area contributed by atoms with Crippen molar-refractivity contribution >= 4 is 6.03 Å². The topological polar surface area (TPSA) is 43.2 Å². The summed E-state index contributed by atoms with van der Waals surface area (Å²) in [4.78, 5) is 21.8. The highest BCUT2D eigenvalue weighted by Crippen LogP contribution is 2.38. The minimum absolute atomic E-state index is 0.116. The lowest BCUT2D eigenvalue weighted by molar-refractivity contribution is 0.177. The molecule has 0 spiro atoms. The Morgan fingerprint density at radius 2 is 2.00 bits per heavy atom. The molecular weight excluding hydrogens is 290 g/mol. The fourth-order valence-electron chi connectivity index (χ4n) is 4.53. The summed E-state index contributed by atoms with van der Waals surface area (Å²) in [6.45, 7) is 12.1. The first-order chi connectivity index (χ1) is 11.1. The quantitative estimate of drug-likeness (QED) is 0.795. The van der Waals surface area contributed by atoms with Crippen molar-refractivity contribution < 1.29 is 4.79 Å². The molecule has 1 saturated carbocycles. The van der Waals surface area contributed by atoms with E-state index in [4.69, 9.17) is 6.57 Å². The average molecular weight is 319 g/mol. The van der Waals surface area contributed by atoms with E-state index in [9.17, 15) is 4.79 Å². The van der Waals surface area contributed by atoms with E-state index in [-0.39, 0.29) is 12.2 Å². The number of urea groups is 1. The fraction of sp³-hybridized carbons (Fsp3) is 0.882. The van der Waals surface area contributed by atoms with Crippen LogP contribution in [0.2, 0.25) is 0 Å². The van der Waals surface area contributed by atoms with Crippen LogP contribution < -0.4 is 5.32 Å². The SMILES string of the molecule is [C-]#[N+][C@@H]1CCCN1CCNC1C[C@@H]2CN(C(=O)N(C)C)C[C@@H]2C1. The van der Waals surface area contributed by atoms with Crippen molar-refractivity contribution in [3.63, 3.8) is 0 Å². The van der Waals surface area contributed by atoms with Gasteiger partial charge in [0, 0.05) is 59.3 Å². The van der Waals surface area contributed by atoms with Crippen molar-refractivity contribution in [2.24, 2.45) is 11.8 Å². The second-order valence-electron chi connectivity index (χ2n) is 7.51. The lowest BCUT2D eigenvalue weighted by Gasteiger charge is -2.23. The summed E-state index contributed by atoms with van der Waals surface area (Å²) in [5.41, 5.74) is 0. The van der Waals surface area contributed by atoms with Gasteiger partial charge in [0.15, 0.2) is 0 Å². The van der Waals surface area contributed by atoms with Gasteiger partial charge in [0.2, 0.25) is 0 Å². The normalized spacial score (nSPS) is 33.7. The maximum Gasteiger partial charge on any atom is 0.319 e. The molecule has 0 aromatic carbocycles. The number of amides is 2. The molecule has 3 fully saturated rings. The fourth-order valence-corrected chi connectivity index (χ4v) is 4.53. The summed E-state index contributed by atoms with van der Waals surface area (Å²) >= 11 is 0. The van der Waals surface area contributed by atoms with Crippen LogP contribution >= 0.6 is 0 Å². The molecule has 0 bridgehead atoms. The van der Waals surface area contributed by atoms with Crippen LogP contribution in [0.4, 0.5) is 4.79 Å². The highest BCUT2D eigenvalue weighted by molar-refractivity contribution is 5.74. The van der Waals surface area contributed by atoms with E-state index < -0.39 is 0 Å². The van der Waals surface area contributed by atoms with Crippen molar-refractivity contribution in [2.45, 2.75) is 37.9 Å². The zero-order chi connectivity index (χ0) is 16.4. The first-order valence-electron chi connectivity index (χ1n) is 8.88. The highest BCUT2D eigenvalue weighted by atomic mass is 16.2. The first-order valence-corrected chi connectivity index (χ1v) is 8.88. The molecule has 128 valence electrons. The monoisotopic (exact) mass is 319 g/mol. The summed E-state index contributed by atoms with van der Waals surface area (Å²) in [6.07, 6.45) is 4.69. The summed E-state index contributed by atoms with van der Waals surface area (Å²) in [7, 11) is 3.66. The Morgan fingerprint density at radius 1 is 1.30 bits per heavy atom. The number of carbonyl (C=O) groups excluding carboxylic acids is 1. The third kappa shape index (κ3) is 3.61. The Bertz CT molecular complexity index is 460. The van der Waals surface area contributed by atoms with E-state index in [1.807, 2.05) is 19.0 Å². The molecule has 1 unspecified atom stereocenters. The molecule has 3 aliphatic rings. The van der Waals surface area contributed by atoms with E-state index in [1.54, 1.807) is 4.90 Å². The van der Waals surface area contributed by atoms with Crippen molar-refractivity contribution in [2.75, 3.05) is 46.8 Å². The Kier molecular flexibility index (Phi) is 5.08. The number of nitrogens with one attached hydrogen (secondary N) is 1. The number of likely N-dealkylation sites (tertiary alicyclic amines) is 2. The van der Waals surface area contributed by atoms with Gasteiger partial charge in [-0.2, -0.15) is 0 Å². The molecule has 6 heteroatoms. The number of carbonyl (C=O) groups is 1. The van der Waals surface area contributed by atoms with Gasteiger partial charge in [-0.25, -0.2) is 16.3 Å². The van der Waals surface area contributed by atoms with Gasteiger partial charge >= 0.3 is 6.03 Å². The number of fused-ring (bicyclic) bond motifs is 1. The van der Waals surface area contributed by atoms with Crippen LogP contribution in [0.5, 0.6) is 0 Å². The molecule has 2 saturated heterocycles. The highest BCUT2D eigenvalue weighted by Gasteiger charge is 2.42. The zero-order valence-corrected chi connectivity index (χ0v) is 14.4. The van der Waals surface area contributed by atoms with Crippen LogP contribution in [0.1, 0.15) is 25.7 Å². The minimum Gasteiger partial charge on any atom is -0.331 e. The van der Waals surface area contributed by atoms with Crippen LogP contribution in [0.25, 0.3) is 4.85 Å². The Balaban J connectivity index is 1.38. The van der Waals surface area contributed by atoms with Crippen molar-refractivity contribution in [3.05, 3.63) is 11.4 Å². The van der Waals surface area contributed by atoms with E-state index in [0.717, 1.165) is 45.6 Å². The van der Waals surface area contributed by atoms with Crippen molar-refractivity contribution in [1.29, 1.82) is 0 Å². The maximum absolute atomic E-state index is 12.0. The summed E-state index contributed by atoms with van der Waals surface area (Å²) in [5.74, 6) is 1.33. The summed E-state index contributed by atoms with van der Waals surface area (Å²) < 4.78 is 0. The van der Waals surface area contributed by atoms with Crippen LogP contribution in [0.3, 0.4) is 0 Å². The standard InChI is InChI=1S/C17H29N5O/c1-18-16-5-4-7-21(16)8-6-19-15-9-13-11-22(12-14(13)10-15)17(23)20(2)3/h13-16,19H,4-12H2,2-3H3/t13-,14+,15?,16-/m0/s1. The maximum atomic E-state index is 12.0. The molecule has 6 nitrogen and oxygen atoms in total. The molecule has 0 aromatic heterocycles. The van der Waals surface area contributed by atoms with Gasteiger partial charge in [0.05, 0.1) is 0 Å². The molecule has 4 atom stereocenters. The number of hydrogen-bond acceptors (Lipinski definition) is 3. The molecule has 23 heavy (non-hydrogen) atoms. The Morgan fingerprint density at radius 3 is 2.61 bits per heavy atom. The molecule has 2 heterocycles. The van der Waals surface area contributed by atoms with E-state index in [0.29, 0.717) is 17.9 Å². The van der Waals surface area contributed by atoms with Gasteiger partial charge in [0.1, 0.15) is 0 Å². The largest absolute Gasteiger partial charge is 0.331 e. The molecule has 1 N–H and O–H groups in total. The minimum atomic E-state index is 0.116. The van der Waals surface area contributed by atoms with Crippen LogP contribution in [-0.2, 0) is 0 Å². The van der Waals surface area contributed by atoms with E-state index in [2.05, 4.69) is 15.1 Å². The second-order valence-corrected chi connectivity index (χ2v) is 7.51. The van der Waals surface area contributed by atoms with Gasteiger partial charge in [-0.15, -0.1) is 0 Å². The first kappa shape index (κ1) is 16.5. The Labute approximate surface area is 139 Å². The average Bonchev–Trinajstić information content (AvgIpc) is 3.20. The van der Waals surface area contributed by atoms with Gasteiger partial charge < -0.3 is 15.1 Å². The van der Waals surface area contributed by atoms with Crippen molar-refractivity contribution in [1.82, 2.24) is 20.0 Å². The van der Waals surface area contributed by atoms with Crippen LogP contribution in [0, 0.1) is 18.4 Å². The van der Waals surface area contributed by atoms with E-state index >= 15 is 0 Å². The molecule has 2 amide bonds. The van der Waals surface area contributed by atoms with Gasteiger partial charge in [-0.1, -0.05) is 0 Å². The van der Waals surface area contributed by atoms with Crippen molar-refractivity contribution in [3.8, 4) is 0 Å². The molecular formula is C17H29N5O. The molecule has 0 aromatic rings. The van der Waals surface area contributed by atoms with Gasteiger partial charge in [-0.3, -0.25) is 4.85 Å². The lowest BCUT2D eigenvalue weighted by atomic mass is 10.0. The summed E-state index contributed by atoms with van der Waals surface area (Å²) in [5, 5.41) is 3.69. The molecule has 0 radical (unpaired) electrons. The predicted octanol–water partition coefficient (Wildman–Crippen LogP) is 1.31. The second kappa shape index (κ2) is 7.06. The van der Waals surface area contributed by atoms with E-state index in [1.165, 1.54) is 12.8 Å². The smallest absolute Gasteiger partial charge is 0.319 e. The summed E-state index contributed by atoms with van der Waals surface area (Å²) in [6, 6.07) is 0.749. The number of rotatable bonds is 4. The van der Waals surface area contributed by atoms with Gasteiger partial charge in [0.25, 0.3) is 6.17 Å². The third-order valence-corrected chi connectivity index (χ3v) is 5.71. The molecule has 3 rings (SSSR count).